The molecule has 2 unspecified atom stereocenters. The number of carbonyl (C=O) groups excluding carboxylic acids is 2. The number of oxime groups is 1. The van der Waals surface area contributed by atoms with Gasteiger partial charge in [0.1, 0.15) is 17.5 Å². The Bertz CT molecular complexity index is 867. The summed E-state index contributed by atoms with van der Waals surface area (Å²) in [5.41, 5.74) is 6.91. The van der Waals surface area contributed by atoms with Crippen LogP contribution in [0.25, 0.3) is 0 Å². The number of aliphatic carboxylic acids is 1. The average Bonchev–Trinajstić information content (AvgIpc) is 3.19. The number of nitrogen functional groups attached to an aromatic ring is 1. The van der Waals surface area contributed by atoms with Crippen LogP contribution in [0.2, 0.25) is 0 Å². The van der Waals surface area contributed by atoms with Crippen LogP contribution in [0.5, 0.6) is 0 Å². The molecule has 11 nitrogen and oxygen atoms in total. The van der Waals surface area contributed by atoms with Crippen LogP contribution in [0.1, 0.15) is 12.6 Å². The minimum atomic E-state index is -1.23. The molecule has 3 heterocycles. The number of anilines is 1. The fourth-order valence-electron chi connectivity index (χ4n) is 2.49. The van der Waals surface area contributed by atoms with Crippen LogP contribution in [0.15, 0.2) is 21.8 Å². The van der Waals surface area contributed by atoms with Crippen molar-refractivity contribution in [3.8, 4) is 0 Å². The molecule has 2 atom stereocenters. The number of aromatic nitrogens is 1. The highest BCUT2D eigenvalue weighted by Gasteiger charge is 2.36. The SMILES string of the molecule is CC1OC(=O)C2=C1CSC(CNC(=O)/C(=N/OCC(=O)O)c1csc(N)n1)N2. The van der Waals surface area contributed by atoms with E-state index in [0.717, 1.165) is 16.9 Å². The van der Waals surface area contributed by atoms with Gasteiger partial charge in [0.05, 0.1) is 5.37 Å². The molecule has 150 valence electrons. The fraction of sp³-hybridized carbons (Fsp3) is 0.400. The molecule has 0 aliphatic carbocycles. The zero-order chi connectivity index (χ0) is 20.3. The quantitative estimate of drug-likeness (QED) is 0.253. The van der Waals surface area contributed by atoms with Crippen molar-refractivity contribution in [2.24, 2.45) is 5.16 Å². The number of thioether (sulfide) groups is 1. The molecule has 0 fully saturated rings. The normalized spacial score (nSPS) is 21.6. The van der Waals surface area contributed by atoms with E-state index in [1.807, 2.05) is 6.92 Å². The van der Waals surface area contributed by atoms with Gasteiger partial charge < -0.3 is 31.0 Å². The summed E-state index contributed by atoms with van der Waals surface area (Å²) in [7, 11) is 0. The van der Waals surface area contributed by atoms with Crippen LogP contribution >= 0.6 is 23.1 Å². The van der Waals surface area contributed by atoms with Crippen LogP contribution in [-0.2, 0) is 24.0 Å². The molecular weight excluding hydrogens is 410 g/mol. The van der Waals surface area contributed by atoms with E-state index in [2.05, 4.69) is 25.6 Å². The van der Waals surface area contributed by atoms with E-state index in [-0.39, 0.29) is 34.6 Å². The van der Waals surface area contributed by atoms with E-state index in [1.54, 1.807) is 0 Å². The van der Waals surface area contributed by atoms with Crippen LogP contribution < -0.4 is 16.4 Å². The Morgan fingerprint density at radius 3 is 3.04 bits per heavy atom. The Balaban J connectivity index is 1.63. The molecule has 5 N–H and O–H groups in total. The van der Waals surface area contributed by atoms with Crippen molar-refractivity contribution in [3.63, 3.8) is 0 Å². The van der Waals surface area contributed by atoms with E-state index in [1.165, 1.54) is 17.1 Å². The number of cyclic esters (lactones) is 1. The van der Waals surface area contributed by atoms with Crippen molar-refractivity contribution < 1.29 is 29.1 Å². The van der Waals surface area contributed by atoms with Crippen molar-refractivity contribution in [1.29, 1.82) is 0 Å². The van der Waals surface area contributed by atoms with Crippen molar-refractivity contribution in [1.82, 2.24) is 15.6 Å². The number of hydrogen-bond donors (Lipinski definition) is 4. The number of carboxylic acid groups (broad SMARTS) is 1. The second-order valence-corrected chi connectivity index (χ2v) is 7.86. The number of thiazole rings is 1. The summed E-state index contributed by atoms with van der Waals surface area (Å²) in [6, 6.07) is 0. The first-order chi connectivity index (χ1) is 13.3. The molecule has 1 aromatic rings. The van der Waals surface area contributed by atoms with E-state index in [4.69, 9.17) is 15.6 Å². The number of amides is 1. The number of nitrogens with two attached hydrogens (primary N) is 1. The van der Waals surface area contributed by atoms with Crippen LogP contribution in [0.4, 0.5) is 5.13 Å². The van der Waals surface area contributed by atoms with E-state index in [9.17, 15) is 14.4 Å². The summed E-state index contributed by atoms with van der Waals surface area (Å²) in [6.07, 6.45) is -0.252. The van der Waals surface area contributed by atoms with Crippen LogP contribution in [0.3, 0.4) is 0 Å². The molecule has 0 saturated heterocycles. The molecule has 13 heteroatoms. The topological polar surface area (TPSA) is 165 Å². The second-order valence-electron chi connectivity index (χ2n) is 5.78. The van der Waals surface area contributed by atoms with Crippen LogP contribution in [-0.4, -0.2) is 64.0 Å². The van der Waals surface area contributed by atoms with Gasteiger partial charge in [-0.1, -0.05) is 5.16 Å². The first-order valence-corrected chi connectivity index (χ1v) is 10.0. The van der Waals surface area contributed by atoms with Crippen molar-refractivity contribution in [2.75, 3.05) is 24.6 Å². The molecule has 0 radical (unpaired) electrons. The zero-order valence-electron chi connectivity index (χ0n) is 14.6. The third-order valence-corrected chi connectivity index (χ3v) is 5.66. The highest BCUT2D eigenvalue weighted by molar-refractivity contribution is 8.00. The molecule has 28 heavy (non-hydrogen) atoms. The molecule has 0 aromatic carbocycles. The summed E-state index contributed by atoms with van der Waals surface area (Å²) in [6.45, 7) is 1.29. The smallest absolute Gasteiger partial charge is 0.355 e. The van der Waals surface area contributed by atoms with Crippen molar-refractivity contribution in [2.45, 2.75) is 18.4 Å². The third kappa shape index (κ3) is 4.54. The Morgan fingerprint density at radius 2 is 2.36 bits per heavy atom. The molecule has 0 saturated carbocycles. The number of rotatable bonds is 7. The number of nitrogens with zero attached hydrogens (tertiary/aromatic N) is 2. The van der Waals surface area contributed by atoms with Gasteiger partial charge >= 0.3 is 11.9 Å². The summed E-state index contributed by atoms with van der Waals surface area (Å²) in [4.78, 5) is 43.6. The van der Waals surface area contributed by atoms with Gasteiger partial charge in [0.25, 0.3) is 5.91 Å². The van der Waals surface area contributed by atoms with Crippen molar-refractivity contribution >= 4 is 51.8 Å². The minimum absolute atomic E-state index is 0.174. The lowest BCUT2D eigenvalue weighted by atomic mass is 10.1. The lowest BCUT2D eigenvalue weighted by Crippen LogP contribution is -2.44. The number of carboxylic acids is 1. The molecule has 2 aliphatic rings. The van der Waals surface area contributed by atoms with Gasteiger partial charge in [-0.3, -0.25) is 4.79 Å². The second kappa shape index (κ2) is 8.48. The molecule has 1 aromatic heterocycles. The van der Waals surface area contributed by atoms with E-state index in [0.29, 0.717) is 11.4 Å². The fourth-order valence-corrected chi connectivity index (χ4v) is 4.20. The van der Waals surface area contributed by atoms with E-state index >= 15 is 0 Å². The first kappa shape index (κ1) is 19.9. The minimum Gasteiger partial charge on any atom is -0.479 e. The summed E-state index contributed by atoms with van der Waals surface area (Å²) < 4.78 is 5.17. The number of nitrogens with one attached hydrogen (secondary N) is 2. The molecule has 1 amide bonds. The Morgan fingerprint density at radius 1 is 1.57 bits per heavy atom. The molecule has 3 rings (SSSR count). The summed E-state index contributed by atoms with van der Waals surface area (Å²) in [5, 5.41) is 19.5. The highest BCUT2D eigenvalue weighted by atomic mass is 32.2. The first-order valence-electron chi connectivity index (χ1n) is 8.08. The molecule has 0 spiro atoms. The number of ether oxygens (including phenoxy) is 1. The van der Waals surface area contributed by atoms with Gasteiger partial charge in [-0.25, -0.2) is 14.6 Å². The third-order valence-electron chi connectivity index (χ3n) is 3.82. The Labute approximate surface area is 167 Å². The summed E-state index contributed by atoms with van der Waals surface area (Å²) >= 11 is 2.63. The van der Waals surface area contributed by atoms with Crippen molar-refractivity contribution in [3.05, 3.63) is 22.3 Å². The van der Waals surface area contributed by atoms with Crippen LogP contribution in [0, 0.1) is 0 Å². The van der Waals surface area contributed by atoms with Gasteiger partial charge in [-0.05, 0) is 6.92 Å². The van der Waals surface area contributed by atoms with E-state index < -0.39 is 24.5 Å². The predicted octanol–water partition coefficient (Wildman–Crippen LogP) is -0.491. The summed E-state index contributed by atoms with van der Waals surface area (Å²) in [5.74, 6) is -1.63. The molecular formula is C15H17N5O6S2. The average molecular weight is 427 g/mol. The van der Waals surface area contributed by atoms with Gasteiger partial charge in [0, 0.05) is 23.3 Å². The number of carbonyl (C=O) groups is 3. The Kier molecular flexibility index (Phi) is 6.04. The van der Waals surface area contributed by atoms with Gasteiger partial charge in [0.15, 0.2) is 10.8 Å². The Hall–Kier alpha value is -2.80. The van der Waals surface area contributed by atoms with Gasteiger partial charge in [-0.2, -0.15) is 0 Å². The van der Waals surface area contributed by atoms with Gasteiger partial charge in [0.2, 0.25) is 6.61 Å². The number of hydrogen-bond acceptors (Lipinski definition) is 11. The maximum absolute atomic E-state index is 12.5. The molecule has 2 aliphatic heterocycles. The zero-order valence-corrected chi connectivity index (χ0v) is 16.3. The monoisotopic (exact) mass is 427 g/mol. The van der Waals surface area contributed by atoms with Gasteiger partial charge in [-0.15, -0.1) is 23.1 Å². The maximum atomic E-state index is 12.5. The maximum Gasteiger partial charge on any atom is 0.355 e. The number of esters is 1. The standard InChI is InChI=1S/C15H17N5O6S2/c1-6-7-4-27-9(19-11(7)14(24)26-6)2-17-13(23)12(20-25-3-10(21)22)8-5-28-15(16)18-8/h5-6,9,19H,2-4H2,1H3,(H2,16,18)(H,17,23)(H,21,22)/b20-12+. The lowest BCUT2D eigenvalue weighted by Gasteiger charge is -2.24. The largest absolute Gasteiger partial charge is 0.479 e. The predicted molar refractivity (Wildman–Crippen MR) is 102 cm³/mol. The highest BCUT2D eigenvalue weighted by Crippen LogP contribution is 2.30. The molecule has 0 bridgehead atoms. The lowest BCUT2D eigenvalue weighted by molar-refractivity contribution is -0.142.